The molecule has 3 aromatic carbocycles. The van der Waals surface area contributed by atoms with Crippen molar-refractivity contribution in [1.29, 1.82) is 0 Å². The number of piperidine rings is 1. The fourth-order valence-electron chi connectivity index (χ4n) is 5.70. The quantitative estimate of drug-likeness (QED) is 0.289. The van der Waals surface area contributed by atoms with E-state index in [4.69, 9.17) is 23.2 Å². The predicted octanol–water partition coefficient (Wildman–Crippen LogP) is 6.71. The number of nitrogens with zero attached hydrogens (tertiary/aromatic N) is 3. The van der Waals surface area contributed by atoms with Gasteiger partial charge in [0.15, 0.2) is 0 Å². The van der Waals surface area contributed by atoms with Crippen molar-refractivity contribution in [3.63, 3.8) is 0 Å². The molecule has 0 saturated carbocycles. The van der Waals surface area contributed by atoms with E-state index in [1.54, 1.807) is 11.8 Å². The Balaban J connectivity index is 1.47. The molecule has 4 rings (SSSR count). The number of rotatable bonds is 9. The Morgan fingerprint density at radius 2 is 1.51 bits per heavy atom. The monoisotopic (exact) mass is 565 g/mol. The third-order valence-corrected chi connectivity index (χ3v) is 8.92. The van der Waals surface area contributed by atoms with Crippen molar-refractivity contribution in [2.75, 3.05) is 40.3 Å². The van der Waals surface area contributed by atoms with Gasteiger partial charge in [0.25, 0.3) is 5.91 Å². The first kappa shape index (κ1) is 29.1. The van der Waals surface area contributed by atoms with Gasteiger partial charge in [0.2, 0.25) is 5.91 Å². The average Bonchev–Trinajstić information content (AvgIpc) is 2.97. The largest absolute Gasteiger partial charge is 0.341 e. The SMILES string of the molecule is CC(=O)N(C)C1(c2ccccc2)CCN(CCC(CN(C)C(=O)c2ccccc2)c2ccc(Cl)c(Cl)c2)CC1. The van der Waals surface area contributed by atoms with E-state index in [9.17, 15) is 9.59 Å². The molecule has 0 aliphatic carbocycles. The van der Waals surface area contributed by atoms with E-state index in [1.165, 1.54) is 5.56 Å². The minimum Gasteiger partial charge on any atom is -0.341 e. The van der Waals surface area contributed by atoms with Crippen LogP contribution in [0.2, 0.25) is 10.0 Å². The van der Waals surface area contributed by atoms with Gasteiger partial charge >= 0.3 is 0 Å². The van der Waals surface area contributed by atoms with E-state index in [2.05, 4.69) is 17.0 Å². The van der Waals surface area contributed by atoms with Crippen molar-refractivity contribution in [2.24, 2.45) is 0 Å². The number of carbonyl (C=O) groups is 2. The molecule has 206 valence electrons. The lowest BCUT2D eigenvalue weighted by Crippen LogP contribution is -2.53. The van der Waals surface area contributed by atoms with Crippen molar-refractivity contribution < 1.29 is 9.59 Å². The molecule has 5 nitrogen and oxygen atoms in total. The lowest BCUT2D eigenvalue weighted by Gasteiger charge is -2.48. The van der Waals surface area contributed by atoms with Gasteiger partial charge in [-0.3, -0.25) is 9.59 Å². The molecule has 1 saturated heterocycles. The highest BCUT2D eigenvalue weighted by atomic mass is 35.5. The summed E-state index contributed by atoms with van der Waals surface area (Å²) in [6.45, 7) is 4.87. The van der Waals surface area contributed by atoms with Crippen LogP contribution < -0.4 is 0 Å². The van der Waals surface area contributed by atoms with Crippen LogP contribution in [0.15, 0.2) is 78.9 Å². The second kappa shape index (κ2) is 13.0. The molecule has 2 amide bonds. The van der Waals surface area contributed by atoms with Crippen LogP contribution in [0, 0.1) is 0 Å². The summed E-state index contributed by atoms with van der Waals surface area (Å²) in [4.78, 5) is 31.7. The lowest BCUT2D eigenvalue weighted by molar-refractivity contribution is -0.136. The van der Waals surface area contributed by atoms with Crippen LogP contribution in [-0.2, 0) is 10.3 Å². The minimum atomic E-state index is -0.297. The Hall–Kier alpha value is -2.86. The second-order valence-electron chi connectivity index (χ2n) is 10.5. The molecule has 0 N–H and O–H groups in total. The standard InChI is InChI=1S/C32H37Cl2N3O2/c1-24(38)36(3)32(28-12-8-5-9-13-28)17-20-37(21-18-32)19-16-27(26-14-15-29(33)30(34)22-26)23-35(2)31(39)25-10-6-4-7-11-25/h4-15,22,27H,16-21,23H2,1-3H3. The van der Waals surface area contributed by atoms with E-state index in [1.807, 2.05) is 85.7 Å². The zero-order valence-corrected chi connectivity index (χ0v) is 24.5. The molecule has 1 aliphatic heterocycles. The molecule has 1 atom stereocenters. The van der Waals surface area contributed by atoms with Crippen LogP contribution in [0.3, 0.4) is 0 Å². The summed E-state index contributed by atoms with van der Waals surface area (Å²) in [7, 11) is 3.78. The van der Waals surface area contributed by atoms with Gasteiger partial charge in [0, 0.05) is 52.1 Å². The lowest BCUT2D eigenvalue weighted by atomic mass is 9.79. The summed E-state index contributed by atoms with van der Waals surface area (Å²) in [5.74, 6) is 0.176. The fraction of sp³-hybridized carbons (Fsp3) is 0.375. The van der Waals surface area contributed by atoms with Crippen molar-refractivity contribution in [3.8, 4) is 0 Å². The van der Waals surface area contributed by atoms with E-state index < -0.39 is 0 Å². The van der Waals surface area contributed by atoms with Crippen LogP contribution in [0.5, 0.6) is 0 Å². The number of amides is 2. The number of carbonyl (C=O) groups excluding carboxylic acids is 2. The van der Waals surface area contributed by atoms with Crippen molar-refractivity contribution in [2.45, 2.75) is 37.6 Å². The highest BCUT2D eigenvalue weighted by Gasteiger charge is 2.41. The van der Waals surface area contributed by atoms with Crippen LogP contribution in [0.25, 0.3) is 0 Å². The summed E-state index contributed by atoms with van der Waals surface area (Å²) in [5.41, 5.74) is 2.64. The Morgan fingerprint density at radius 1 is 0.897 bits per heavy atom. The zero-order chi connectivity index (χ0) is 28.0. The second-order valence-corrected chi connectivity index (χ2v) is 11.3. The summed E-state index contributed by atoms with van der Waals surface area (Å²) >= 11 is 12.6. The fourth-order valence-corrected chi connectivity index (χ4v) is 6.00. The van der Waals surface area contributed by atoms with E-state index in [0.717, 1.165) is 44.5 Å². The summed E-state index contributed by atoms with van der Waals surface area (Å²) in [6, 6.07) is 25.5. The minimum absolute atomic E-state index is 0.00134. The smallest absolute Gasteiger partial charge is 0.253 e. The maximum Gasteiger partial charge on any atom is 0.253 e. The molecular weight excluding hydrogens is 529 g/mol. The number of halogens is 2. The van der Waals surface area contributed by atoms with Gasteiger partial charge in [-0.1, -0.05) is 77.8 Å². The molecule has 1 heterocycles. The van der Waals surface area contributed by atoms with Crippen LogP contribution >= 0.6 is 23.2 Å². The van der Waals surface area contributed by atoms with Gasteiger partial charge in [0.05, 0.1) is 15.6 Å². The molecule has 1 aliphatic rings. The number of benzene rings is 3. The first-order valence-electron chi connectivity index (χ1n) is 13.5. The zero-order valence-electron chi connectivity index (χ0n) is 22.9. The van der Waals surface area contributed by atoms with E-state index >= 15 is 0 Å². The Labute approximate surface area is 242 Å². The first-order valence-corrected chi connectivity index (χ1v) is 14.2. The average molecular weight is 567 g/mol. The molecule has 3 aromatic rings. The summed E-state index contributed by atoms with van der Waals surface area (Å²) in [6.07, 6.45) is 2.61. The number of hydrogen-bond acceptors (Lipinski definition) is 3. The number of likely N-dealkylation sites (N-methyl/N-ethyl adjacent to an activating group) is 1. The van der Waals surface area contributed by atoms with E-state index in [0.29, 0.717) is 22.2 Å². The van der Waals surface area contributed by atoms with Gasteiger partial charge in [-0.2, -0.15) is 0 Å². The molecule has 0 radical (unpaired) electrons. The highest BCUT2D eigenvalue weighted by molar-refractivity contribution is 6.42. The molecule has 1 unspecified atom stereocenters. The molecule has 0 spiro atoms. The molecular formula is C32H37Cl2N3O2. The number of hydrogen-bond donors (Lipinski definition) is 0. The Morgan fingerprint density at radius 3 is 2.10 bits per heavy atom. The molecule has 39 heavy (non-hydrogen) atoms. The van der Waals surface area contributed by atoms with Crippen molar-refractivity contribution >= 4 is 35.0 Å². The maximum absolute atomic E-state index is 13.1. The van der Waals surface area contributed by atoms with Gasteiger partial charge in [-0.15, -0.1) is 0 Å². The summed E-state index contributed by atoms with van der Waals surface area (Å²) < 4.78 is 0. The molecule has 7 heteroatoms. The third-order valence-electron chi connectivity index (χ3n) is 8.18. The first-order chi connectivity index (χ1) is 18.7. The van der Waals surface area contributed by atoms with E-state index in [-0.39, 0.29) is 23.3 Å². The number of likely N-dealkylation sites (tertiary alicyclic amines) is 1. The topological polar surface area (TPSA) is 43.9 Å². The maximum atomic E-state index is 13.1. The van der Waals surface area contributed by atoms with Gasteiger partial charge in [-0.05, 0) is 61.2 Å². The highest BCUT2D eigenvalue weighted by Crippen LogP contribution is 2.38. The molecule has 0 bridgehead atoms. The van der Waals surface area contributed by atoms with Crippen molar-refractivity contribution in [1.82, 2.24) is 14.7 Å². The van der Waals surface area contributed by atoms with Crippen molar-refractivity contribution in [3.05, 3.63) is 106 Å². The molecule has 1 fully saturated rings. The predicted molar refractivity (Wildman–Crippen MR) is 159 cm³/mol. The van der Waals surface area contributed by atoms with Gasteiger partial charge in [0.1, 0.15) is 0 Å². The van der Waals surface area contributed by atoms with Crippen LogP contribution in [0.1, 0.15) is 53.6 Å². The van der Waals surface area contributed by atoms with Gasteiger partial charge in [-0.25, -0.2) is 0 Å². The van der Waals surface area contributed by atoms with Crippen LogP contribution in [0.4, 0.5) is 0 Å². The normalized spacial score (nSPS) is 15.9. The Bertz CT molecular complexity index is 1260. The summed E-state index contributed by atoms with van der Waals surface area (Å²) in [5, 5.41) is 1.05. The third kappa shape index (κ3) is 6.84. The van der Waals surface area contributed by atoms with Crippen LogP contribution in [-0.4, -0.2) is 66.8 Å². The molecule has 0 aromatic heterocycles. The van der Waals surface area contributed by atoms with Gasteiger partial charge < -0.3 is 14.7 Å². The Kier molecular flexibility index (Phi) is 9.71.